The minimum atomic E-state index is -1.80. The zero-order chi connectivity index (χ0) is 46.2. The van der Waals surface area contributed by atoms with E-state index < -0.39 is 94.3 Å². The van der Waals surface area contributed by atoms with Crippen LogP contribution >= 0.6 is 0 Å². The third-order valence-corrected chi connectivity index (χ3v) is 15.1. The molecule has 6 aliphatic rings. The van der Waals surface area contributed by atoms with Gasteiger partial charge in [-0.05, 0) is 108 Å². The molecule has 2 saturated heterocycles. The zero-order valence-corrected chi connectivity index (χ0v) is 37.8. The highest BCUT2D eigenvalue weighted by atomic mass is 16.7. The van der Waals surface area contributed by atoms with E-state index in [1.165, 1.54) is 25.3 Å². The van der Waals surface area contributed by atoms with Gasteiger partial charge in [0, 0.05) is 23.5 Å². The monoisotopic (exact) mass is 874 g/mol. The number of hydrogen-bond acceptors (Lipinski definition) is 13. The number of rotatable bonds is 6. The second-order valence-corrected chi connectivity index (χ2v) is 19.5. The number of ether oxygens (including phenoxy) is 5. The van der Waals surface area contributed by atoms with Crippen LogP contribution in [0.15, 0.2) is 70.1 Å². The number of benzene rings is 1. The van der Waals surface area contributed by atoms with Crippen molar-refractivity contribution in [2.24, 2.45) is 40.4 Å². The van der Waals surface area contributed by atoms with Crippen LogP contribution in [-0.4, -0.2) is 98.7 Å². The lowest BCUT2D eigenvalue weighted by Gasteiger charge is -2.56. The van der Waals surface area contributed by atoms with Crippen molar-refractivity contribution in [1.82, 2.24) is 0 Å². The molecule has 14 atom stereocenters. The predicted molar refractivity (Wildman–Crippen MR) is 228 cm³/mol. The standard InChI is InChI=1S/C49H62O14/c1-22-12-11-13-24(3)37-26(5)17-30-32(48(37,9)41(53)36-42(54)49(63-45(36)58)20-27(6)31(43(55)56)21-47(49,8)19-22)14-23(2)15-33(30)61-46-39(52)38(51)40(28(7)60-46)62-44(57)35-25(4)16-29(50)18-34(35)59-10/h13-14,16,18-19,21,26-28,30,32-33,37-40,46,50-53H,11-12,15,17,20H2,1-10H3,(H,55,56)/b22-19-,24-13-,41-36-/t26-,27+,28-,30+,32+,33-,37-,38-,39-,40+,46-,47-,48+,49+/m1/s1. The predicted octanol–water partition coefficient (Wildman–Crippen LogP) is 6.75. The number of carbonyl (C=O) groups is 4. The first-order chi connectivity index (χ1) is 29.5. The number of carboxylic acids is 1. The van der Waals surface area contributed by atoms with Crippen molar-refractivity contribution in [3.63, 3.8) is 0 Å². The highest BCUT2D eigenvalue weighted by molar-refractivity contribution is 6.26. The number of carboxylic acid groups (broad SMARTS) is 1. The Kier molecular flexibility index (Phi) is 12.2. The van der Waals surface area contributed by atoms with Gasteiger partial charge in [0.1, 0.15) is 40.6 Å². The lowest BCUT2D eigenvalue weighted by atomic mass is 9.48. The number of carbonyl (C=O) groups excluding carboxylic acids is 3. The van der Waals surface area contributed by atoms with E-state index in [1.54, 1.807) is 27.7 Å². The summed E-state index contributed by atoms with van der Waals surface area (Å²) in [6.07, 6.45) is 2.29. The molecule has 1 aromatic rings. The summed E-state index contributed by atoms with van der Waals surface area (Å²) in [5.74, 6) is -5.98. The molecule has 2 heterocycles. The van der Waals surface area contributed by atoms with E-state index in [0.29, 0.717) is 31.2 Å². The van der Waals surface area contributed by atoms with Crippen molar-refractivity contribution >= 4 is 23.7 Å². The highest BCUT2D eigenvalue weighted by Gasteiger charge is 2.67. The molecular weight excluding hydrogens is 813 g/mol. The van der Waals surface area contributed by atoms with Gasteiger partial charge in [0.15, 0.2) is 18.0 Å². The average Bonchev–Trinajstić information content (AvgIpc) is 3.44. The van der Waals surface area contributed by atoms with Crippen LogP contribution in [0.4, 0.5) is 0 Å². The van der Waals surface area contributed by atoms with E-state index in [0.717, 1.165) is 16.7 Å². The van der Waals surface area contributed by atoms with Gasteiger partial charge in [-0.1, -0.05) is 61.8 Å². The molecule has 0 aromatic heterocycles. The summed E-state index contributed by atoms with van der Waals surface area (Å²) in [5.41, 5.74) is -1.50. The van der Waals surface area contributed by atoms with Gasteiger partial charge < -0.3 is 49.2 Å². The quantitative estimate of drug-likeness (QED) is 0.114. The molecule has 2 aliphatic heterocycles. The molecule has 3 fully saturated rings. The summed E-state index contributed by atoms with van der Waals surface area (Å²) in [7, 11) is 1.34. The Morgan fingerprint density at radius 3 is 2.32 bits per heavy atom. The zero-order valence-electron chi connectivity index (χ0n) is 37.8. The van der Waals surface area contributed by atoms with Gasteiger partial charge in [0.2, 0.25) is 5.78 Å². The van der Waals surface area contributed by atoms with Crippen LogP contribution in [0.2, 0.25) is 0 Å². The van der Waals surface area contributed by atoms with Crippen molar-refractivity contribution in [3.8, 4) is 11.5 Å². The molecule has 2 bridgehead atoms. The maximum Gasteiger partial charge on any atom is 0.346 e. The van der Waals surface area contributed by atoms with E-state index in [2.05, 4.69) is 19.1 Å². The van der Waals surface area contributed by atoms with E-state index >= 15 is 4.79 Å². The van der Waals surface area contributed by atoms with Crippen LogP contribution in [0.1, 0.15) is 103 Å². The molecule has 0 radical (unpaired) electrons. The lowest BCUT2D eigenvalue weighted by molar-refractivity contribution is -0.310. The van der Waals surface area contributed by atoms with Crippen molar-refractivity contribution in [1.29, 1.82) is 0 Å². The number of aliphatic hydroxyl groups excluding tert-OH is 3. The number of Topliss-reactive ketones (excluding diaryl/α,β-unsaturated/α-hetero) is 1. The molecule has 1 spiro atoms. The van der Waals surface area contributed by atoms with E-state index in [-0.39, 0.29) is 52.6 Å². The molecule has 4 aliphatic carbocycles. The molecular formula is C49H62O14. The SMILES string of the molecule is COc1cc(O)cc(C)c1C(=O)O[C@@H]1[C@H](O)[C@@H](O)[C@@H](O[C@@H]2CC(C)=C[C@H]3[C@@H]2C[C@@H](C)[C@H]2/C(C)=C\CC/C(C)=C\[C@]4(C)C=C(C(=O)O)[C@@H](C)C[C@@]45OC(=O)/C(=C(\O)[C@]23C)C5=O)O[C@@H]1C. The van der Waals surface area contributed by atoms with Crippen LogP contribution in [-0.2, 0) is 33.3 Å². The number of methoxy groups -OCH3 is 1. The maximum atomic E-state index is 15.1. The largest absolute Gasteiger partial charge is 0.511 e. The molecule has 5 N–H and O–H groups in total. The molecule has 0 unspecified atom stereocenters. The van der Waals surface area contributed by atoms with Gasteiger partial charge in [-0.25, -0.2) is 14.4 Å². The Bertz CT molecular complexity index is 2250. The van der Waals surface area contributed by atoms with Gasteiger partial charge in [0.25, 0.3) is 0 Å². The fourth-order valence-electron chi connectivity index (χ4n) is 12.2. The maximum absolute atomic E-state index is 15.1. The van der Waals surface area contributed by atoms with Crippen LogP contribution in [0.5, 0.6) is 11.5 Å². The number of fused-ring (bicyclic) bond motifs is 4. The van der Waals surface area contributed by atoms with Gasteiger partial charge in [-0.15, -0.1) is 0 Å². The van der Waals surface area contributed by atoms with Crippen LogP contribution < -0.4 is 4.74 Å². The van der Waals surface area contributed by atoms with Gasteiger partial charge in [0.05, 0.1) is 24.7 Å². The average molecular weight is 875 g/mol. The Labute approximate surface area is 368 Å². The first-order valence-electron chi connectivity index (χ1n) is 21.9. The molecule has 14 nitrogen and oxygen atoms in total. The summed E-state index contributed by atoms with van der Waals surface area (Å²) in [4.78, 5) is 55.3. The van der Waals surface area contributed by atoms with Crippen molar-refractivity contribution in [3.05, 3.63) is 81.2 Å². The fraction of sp³-hybridized carbons (Fsp3) is 0.592. The van der Waals surface area contributed by atoms with E-state index in [4.69, 9.17) is 23.7 Å². The Morgan fingerprint density at radius 2 is 1.65 bits per heavy atom. The Balaban J connectivity index is 1.24. The summed E-state index contributed by atoms with van der Waals surface area (Å²) < 4.78 is 30.1. The molecule has 0 amide bonds. The second-order valence-electron chi connectivity index (χ2n) is 19.5. The third kappa shape index (κ3) is 7.54. The molecule has 1 saturated carbocycles. The number of aliphatic carboxylic acids is 1. The number of aromatic hydroxyl groups is 1. The minimum absolute atomic E-state index is 0.0443. The van der Waals surface area contributed by atoms with Gasteiger partial charge in [-0.3, -0.25) is 4.79 Å². The molecule has 1 aromatic carbocycles. The number of aliphatic hydroxyl groups is 3. The number of aryl methyl sites for hydroxylation is 1. The smallest absolute Gasteiger partial charge is 0.346 e. The number of esters is 2. The van der Waals surface area contributed by atoms with Gasteiger partial charge >= 0.3 is 17.9 Å². The Morgan fingerprint density at radius 1 is 0.952 bits per heavy atom. The number of allylic oxidation sites excluding steroid dienone is 5. The fourth-order valence-corrected chi connectivity index (χ4v) is 12.2. The van der Waals surface area contributed by atoms with Gasteiger partial charge in [-0.2, -0.15) is 0 Å². The Hall–Kier alpha value is -4.76. The third-order valence-electron chi connectivity index (χ3n) is 15.1. The summed E-state index contributed by atoms with van der Waals surface area (Å²) in [5, 5.41) is 56.1. The summed E-state index contributed by atoms with van der Waals surface area (Å²) >= 11 is 0. The summed E-state index contributed by atoms with van der Waals surface area (Å²) in [6.45, 7) is 16.4. The van der Waals surface area contributed by atoms with Crippen molar-refractivity contribution in [2.75, 3.05) is 7.11 Å². The normalized spacial score (nSPS) is 42.1. The number of phenolic OH excluding ortho intramolecular Hbond substituents is 1. The highest BCUT2D eigenvalue weighted by Crippen LogP contribution is 2.62. The first kappa shape index (κ1) is 46.2. The van der Waals surface area contributed by atoms with Crippen molar-refractivity contribution < 1.29 is 68.4 Å². The van der Waals surface area contributed by atoms with E-state index in [9.17, 15) is 39.9 Å². The second kappa shape index (κ2) is 16.7. The van der Waals surface area contributed by atoms with Crippen LogP contribution in [0.3, 0.4) is 0 Å². The number of ketones is 1. The topological polar surface area (TPSA) is 216 Å². The van der Waals surface area contributed by atoms with Crippen LogP contribution in [0, 0.1) is 47.3 Å². The first-order valence-corrected chi connectivity index (χ1v) is 21.9. The molecule has 7 rings (SSSR count). The molecule has 63 heavy (non-hydrogen) atoms. The minimum Gasteiger partial charge on any atom is -0.511 e. The molecule has 14 heteroatoms. The number of phenols is 1. The lowest BCUT2D eigenvalue weighted by Crippen LogP contribution is -2.60. The number of hydrogen-bond donors (Lipinski definition) is 5. The van der Waals surface area contributed by atoms with Crippen molar-refractivity contribution in [2.45, 2.75) is 137 Å². The van der Waals surface area contributed by atoms with E-state index in [1.807, 2.05) is 33.8 Å². The van der Waals surface area contributed by atoms with Crippen LogP contribution in [0.25, 0.3) is 0 Å². The summed E-state index contributed by atoms with van der Waals surface area (Å²) in [6, 6.07) is 2.65. The molecule has 342 valence electrons.